The van der Waals surface area contributed by atoms with Crippen LogP contribution < -0.4 is 0 Å². The van der Waals surface area contributed by atoms with Crippen LogP contribution in [0, 0.1) is 5.82 Å². The van der Waals surface area contributed by atoms with Crippen LogP contribution in [-0.4, -0.2) is 27.9 Å². The summed E-state index contributed by atoms with van der Waals surface area (Å²) in [5.74, 6) is -2.01. The van der Waals surface area contributed by atoms with E-state index in [-0.39, 0.29) is 11.9 Å². The second-order valence-electron chi connectivity index (χ2n) is 4.98. The molecule has 110 valence electrons. The van der Waals surface area contributed by atoms with Crippen molar-refractivity contribution in [3.63, 3.8) is 0 Å². The number of nitrogens with zero attached hydrogens (tertiary/aromatic N) is 1. The van der Waals surface area contributed by atoms with Crippen LogP contribution in [0.3, 0.4) is 0 Å². The topological polar surface area (TPSA) is 57.6 Å². The van der Waals surface area contributed by atoms with Crippen LogP contribution in [0.15, 0.2) is 22.7 Å². The molecule has 0 saturated heterocycles. The van der Waals surface area contributed by atoms with Crippen LogP contribution in [0.4, 0.5) is 4.39 Å². The Morgan fingerprint density at radius 2 is 1.95 bits per heavy atom. The minimum Gasteiger partial charge on any atom is -0.479 e. The molecule has 1 N–H and O–H groups in total. The van der Waals surface area contributed by atoms with Gasteiger partial charge in [-0.05, 0) is 32.9 Å². The Morgan fingerprint density at radius 3 is 2.30 bits per heavy atom. The molecule has 0 aliphatic rings. The highest BCUT2D eigenvalue weighted by atomic mass is 79.9. The largest absolute Gasteiger partial charge is 0.479 e. The maximum absolute atomic E-state index is 13.2. The molecule has 4 nitrogen and oxygen atoms in total. The summed E-state index contributed by atoms with van der Waals surface area (Å²) < 4.78 is 13.5. The van der Waals surface area contributed by atoms with Gasteiger partial charge in [-0.2, -0.15) is 0 Å². The Balaban J connectivity index is 3.56. The number of benzene rings is 1. The second-order valence-corrected chi connectivity index (χ2v) is 5.84. The van der Waals surface area contributed by atoms with Gasteiger partial charge in [0.25, 0.3) is 0 Å². The monoisotopic (exact) mass is 345 g/mol. The van der Waals surface area contributed by atoms with E-state index in [0.29, 0.717) is 10.0 Å². The molecule has 1 amide bonds. The predicted octanol–water partition coefficient (Wildman–Crippen LogP) is 3.14. The van der Waals surface area contributed by atoms with E-state index in [2.05, 4.69) is 15.9 Å². The molecular formula is C14H17BrFNO3. The molecule has 0 bridgehead atoms. The van der Waals surface area contributed by atoms with Crippen molar-refractivity contribution in [2.45, 2.75) is 39.3 Å². The Morgan fingerprint density at radius 1 is 1.40 bits per heavy atom. The number of amides is 1. The lowest BCUT2D eigenvalue weighted by Gasteiger charge is -2.41. The molecule has 1 unspecified atom stereocenters. The molecule has 0 heterocycles. The number of aliphatic carboxylic acids is 1. The van der Waals surface area contributed by atoms with Gasteiger partial charge in [-0.25, -0.2) is 9.18 Å². The standard InChI is InChI=1S/C14H17BrFNO3/c1-8(2)17(9(3)18)14(4,13(19)20)11-6-5-10(16)7-12(11)15/h5-8H,1-4H3,(H,19,20). The Kier molecular flexibility index (Phi) is 4.91. The van der Waals surface area contributed by atoms with E-state index in [1.807, 2.05) is 0 Å². The van der Waals surface area contributed by atoms with Gasteiger partial charge in [0, 0.05) is 23.0 Å². The third-order valence-corrected chi connectivity index (χ3v) is 3.87. The minimum absolute atomic E-state index is 0.314. The quantitative estimate of drug-likeness (QED) is 0.911. The summed E-state index contributed by atoms with van der Waals surface area (Å²) in [5.41, 5.74) is -1.25. The van der Waals surface area contributed by atoms with Gasteiger partial charge in [0.2, 0.25) is 5.91 Å². The van der Waals surface area contributed by atoms with Crippen molar-refractivity contribution in [3.05, 3.63) is 34.1 Å². The predicted molar refractivity (Wildman–Crippen MR) is 76.7 cm³/mol. The average Bonchev–Trinajstić information content (AvgIpc) is 2.26. The van der Waals surface area contributed by atoms with Gasteiger partial charge < -0.3 is 10.0 Å². The van der Waals surface area contributed by atoms with E-state index in [0.717, 1.165) is 0 Å². The van der Waals surface area contributed by atoms with Gasteiger partial charge in [0.15, 0.2) is 5.54 Å². The lowest BCUT2D eigenvalue weighted by Crippen LogP contribution is -2.55. The van der Waals surface area contributed by atoms with Gasteiger partial charge in [0.1, 0.15) is 5.82 Å². The number of rotatable bonds is 4. The third kappa shape index (κ3) is 2.85. The molecule has 0 spiro atoms. The first-order valence-corrected chi connectivity index (χ1v) is 6.90. The van der Waals surface area contributed by atoms with E-state index in [1.165, 1.54) is 36.9 Å². The molecule has 20 heavy (non-hydrogen) atoms. The number of hydrogen-bond acceptors (Lipinski definition) is 2. The SMILES string of the molecule is CC(=O)N(C(C)C)C(C)(C(=O)O)c1ccc(F)cc1Br. The third-order valence-electron chi connectivity index (χ3n) is 3.21. The van der Waals surface area contributed by atoms with Gasteiger partial charge in [-0.3, -0.25) is 4.79 Å². The van der Waals surface area contributed by atoms with Gasteiger partial charge in [0.05, 0.1) is 0 Å². The Labute approximate surface area is 125 Å². The zero-order valence-electron chi connectivity index (χ0n) is 11.8. The van der Waals surface area contributed by atoms with E-state index >= 15 is 0 Å². The Bertz CT molecular complexity index is 547. The number of hydrogen-bond donors (Lipinski definition) is 1. The van der Waals surface area contributed by atoms with Crippen molar-refractivity contribution in [2.24, 2.45) is 0 Å². The molecule has 0 radical (unpaired) electrons. The van der Waals surface area contributed by atoms with Crippen LogP contribution in [-0.2, 0) is 15.1 Å². The summed E-state index contributed by atoms with van der Waals surface area (Å²) in [6.45, 7) is 6.23. The lowest BCUT2D eigenvalue weighted by molar-refractivity contribution is -0.160. The molecule has 0 aliphatic heterocycles. The smallest absolute Gasteiger partial charge is 0.334 e. The van der Waals surface area contributed by atoms with Crippen molar-refractivity contribution < 1.29 is 19.1 Å². The number of carboxylic acids is 1. The summed E-state index contributed by atoms with van der Waals surface area (Å²) in [6, 6.07) is 3.44. The molecule has 0 aromatic heterocycles. The Hall–Kier alpha value is -1.43. The first-order chi connectivity index (χ1) is 9.12. The molecule has 1 atom stereocenters. The highest BCUT2D eigenvalue weighted by Gasteiger charge is 2.45. The van der Waals surface area contributed by atoms with Crippen LogP contribution in [0.2, 0.25) is 0 Å². The minimum atomic E-state index is -1.58. The number of carbonyl (C=O) groups is 2. The molecule has 1 rings (SSSR count). The summed E-state index contributed by atoms with van der Waals surface area (Å²) in [4.78, 5) is 24.9. The lowest BCUT2D eigenvalue weighted by atomic mass is 9.88. The van der Waals surface area contributed by atoms with Gasteiger partial charge >= 0.3 is 5.97 Å². The van der Waals surface area contributed by atoms with Crippen molar-refractivity contribution in [1.82, 2.24) is 4.90 Å². The number of halogens is 2. The zero-order chi connectivity index (χ0) is 15.7. The summed E-state index contributed by atoms with van der Waals surface area (Å²) in [7, 11) is 0. The van der Waals surface area contributed by atoms with Crippen LogP contribution in [0.25, 0.3) is 0 Å². The summed E-state index contributed by atoms with van der Waals surface area (Å²) in [6.07, 6.45) is 0. The van der Waals surface area contributed by atoms with Crippen LogP contribution >= 0.6 is 15.9 Å². The van der Waals surface area contributed by atoms with Crippen LogP contribution in [0.5, 0.6) is 0 Å². The summed E-state index contributed by atoms with van der Waals surface area (Å²) in [5, 5.41) is 9.64. The van der Waals surface area contributed by atoms with Gasteiger partial charge in [-0.1, -0.05) is 22.0 Å². The van der Waals surface area contributed by atoms with Crippen molar-refractivity contribution >= 4 is 27.8 Å². The van der Waals surface area contributed by atoms with Crippen molar-refractivity contribution in [2.75, 3.05) is 0 Å². The molecule has 0 aliphatic carbocycles. The molecule has 1 aromatic carbocycles. The zero-order valence-corrected chi connectivity index (χ0v) is 13.4. The van der Waals surface area contributed by atoms with E-state index in [9.17, 15) is 19.1 Å². The van der Waals surface area contributed by atoms with E-state index < -0.39 is 17.3 Å². The fourth-order valence-electron chi connectivity index (χ4n) is 2.43. The van der Waals surface area contributed by atoms with E-state index in [1.54, 1.807) is 13.8 Å². The average molecular weight is 346 g/mol. The normalized spacial score (nSPS) is 13.9. The summed E-state index contributed by atoms with van der Waals surface area (Å²) >= 11 is 3.18. The first-order valence-electron chi connectivity index (χ1n) is 6.11. The van der Waals surface area contributed by atoms with Crippen LogP contribution in [0.1, 0.15) is 33.3 Å². The molecule has 0 fully saturated rings. The van der Waals surface area contributed by atoms with Gasteiger partial charge in [-0.15, -0.1) is 0 Å². The molecule has 6 heteroatoms. The number of carbonyl (C=O) groups excluding carboxylic acids is 1. The highest BCUT2D eigenvalue weighted by molar-refractivity contribution is 9.10. The number of carboxylic acid groups (broad SMARTS) is 1. The fourth-order valence-corrected chi connectivity index (χ4v) is 3.16. The van der Waals surface area contributed by atoms with Crippen molar-refractivity contribution in [3.8, 4) is 0 Å². The fraction of sp³-hybridized carbons (Fsp3) is 0.429. The highest BCUT2D eigenvalue weighted by Crippen LogP contribution is 2.36. The molecular weight excluding hydrogens is 329 g/mol. The maximum atomic E-state index is 13.2. The maximum Gasteiger partial charge on any atom is 0.334 e. The first kappa shape index (κ1) is 16.6. The molecule has 1 aromatic rings. The van der Waals surface area contributed by atoms with Crippen molar-refractivity contribution in [1.29, 1.82) is 0 Å². The van der Waals surface area contributed by atoms with E-state index in [4.69, 9.17) is 0 Å². The second kappa shape index (κ2) is 5.91. The molecule has 0 saturated carbocycles.